The maximum Gasteiger partial charge on any atom is 0.159 e. The van der Waals surface area contributed by atoms with Crippen molar-refractivity contribution in [2.75, 3.05) is 18.1 Å². The van der Waals surface area contributed by atoms with E-state index in [9.17, 15) is 4.79 Å². The molecule has 0 amide bonds. The number of Topliss-reactive ketones (excluding diaryl/α,β-unsaturated/α-hetero) is 1. The molecule has 5 heteroatoms. The van der Waals surface area contributed by atoms with Gasteiger partial charge in [-0.2, -0.15) is 0 Å². The van der Waals surface area contributed by atoms with Gasteiger partial charge in [-0.1, -0.05) is 29.3 Å². The molecule has 0 radical (unpaired) electrons. The number of ketones is 1. The van der Waals surface area contributed by atoms with Gasteiger partial charge in [0.2, 0.25) is 0 Å². The second-order valence-electron chi connectivity index (χ2n) is 5.21. The molecule has 1 aliphatic heterocycles. The van der Waals surface area contributed by atoms with Crippen molar-refractivity contribution in [3.05, 3.63) is 57.6 Å². The van der Waals surface area contributed by atoms with E-state index in [1.54, 1.807) is 13.0 Å². The first-order valence-corrected chi connectivity index (χ1v) is 7.77. The van der Waals surface area contributed by atoms with Crippen LogP contribution in [0.1, 0.15) is 22.8 Å². The van der Waals surface area contributed by atoms with E-state index in [1.807, 2.05) is 30.3 Å². The monoisotopic (exact) mass is 335 g/mol. The van der Waals surface area contributed by atoms with E-state index >= 15 is 0 Å². The highest BCUT2D eigenvalue weighted by Crippen LogP contribution is 2.35. The number of carbonyl (C=O) groups is 1. The molecule has 0 saturated carbocycles. The molecule has 0 bridgehead atoms. The van der Waals surface area contributed by atoms with Crippen LogP contribution in [-0.2, 0) is 6.54 Å². The van der Waals surface area contributed by atoms with Crippen molar-refractivity contribution in [1.29, 1.82) is 0 Å². The lowest BCUT2D eigenvalue weighted by molar-refractivity contribution is 0.101. The van der Waals surface area contributed by atoms with Gasteiger partial charge in [-0.15, -0.1) is 0 Å². The number of halogens is 2. The van der Waals surface area contributed by atoms with Gasteiger partial charge in [-0.05, 0) is 37.3 Å². The van der Waals surface area contributed by atoms with E-state index in [0.29, 0.717) is 28.8 Å². The number of fused-ring (bicyclic) bond motifs is 1. The summed E-state index contributed by atoms with van der Waals surface area (Å²) in [6, 6.07) is 11.0. The first kappa shape index (κ1) is 15.2. The van der Waals surface area contributed by atoms with Gasteiger partial charge in [0.15, 0.2) is 5.78 Å². The molecule has 0 fully saturated rings. The minimum atomic E-state index is 0.0316. The van der Waals surface area contributed by atoms with Crippen molar-refractivity contribution in [3.63, 3.8) is 0 Å². The zero-order valence-electron chi connectivity index (χ0n) is 12.1. The van der Waals surface area contributed by atoms with E-state index in [0.717, 1.165) is 23.5 Å². The van der Waals surface area contributed by atoms with Gasteiger partial charge in [0, 0.05) is 27.7 Å². The summed E-state index contributed by atoms with van der Waals surface area (Å²) in [6.07, 6.45) is 0. The average molecular weight is 336 g/mol. The summed E-state index contributed by atoms with van der Waals surface area (Å²) >= 11 is 12.5. The summed E-state index contributed by atoms with van der Waals surface area (Å²) < 4.78 is 5.67. The summed E-state index contributed by atoms with van der Waals surface area (Å²) in [6.45, 7) is 3.45. The van der Waals surface area contributed by atoms with Gasteiger partial charge in [-0.3, -0.25) is 4.79 Å². The lowest BCUT2D eigenvalue weighted by Gasteiger charge is -2.32. The van der Waals surface area contributed by atoms with Crippen LogP contribution in [0.25, 0.3) is 0 Å². The van der Waals surface area contributed by atoms with Crippen LogP contribution in [0.2, 0.25) is 10.0 Å². The normalized spacial score (nSPS) is 13.5. The number of benzene rings is 2. The summed E-state index contributed by atoms with van der Waals surface area (Å²) in [5, 5.41) is 1.28. The summed E-state index contributed by atoms with van der Waals surface area (Å²) in [5.74, 6) is 0.809. The van der Waals surface area contributed by atoms with Crippen LogP contribution in [0, 0.1) is 0 Å². The minimum absolute atomic E-state index is 0.0316. The maximum absolute atomic E-state index is 11.6. The molecule has 0 aliphatic carbocycles. The molecule has 0 saturated heterocycles. The fourth-order valence-corrected chi connectivity index (χ4v) is 3.05. The number of ether oxygens (including phenoxy) is 1. The Morgan fingerprint density at radius 3 is 2.64 bits per heavy atom. The van der Waals surface area contributed by atoms with Gasteiger partial charge < -0.3 is 9.64 Å². The van der Waals surface area contributed by atoms with E-state index < -0.39 is 0 Å². The number of rotatable bonds is 3. The Kier molecular flexibility index (Phi) is 4.27. The van der Waals surface area contributed by atoms with Crippen LogP contribution in [0.15, 0.2) is 36.4 Å². The van der Waals surface area contributed by atoms with Crippen LogP contribution in [0.4, 0.5) is 5.69 Å². The predicted octanol–water partition coefficient (Wildman–Crippen LogP) is 4.60. The Morgan fingerprint density at radius 1 is 1.23 bits per heavy atom. The van der Waals surface area contributed by atoms with Crippen LogP contribution < -0.4 is 9.64 Å². The molecule has 0 N–H and O–H groups in total. The van der Waals surface area contributed by atoms with Crippen molar-refractivity contribution >= 4 is 34.7 Å². The van der Waals surface area contributed by atoms with Crippen LogP contribution in [-0.4, -0.2) is 18.9 Å². The number of carbonyl (C=O) groups excluding carboxylic acids is 1. The first-order chi connectivity index (χ1) is 10.6. The maximum atomic E-state index is 11.6. The third-order valence-electron chi connectivity index (χ3n) is 3.74. The Morgan fingerprint density at radius 2 is 1.95 bits per heavy atom. The second kappa shape index (κ2) is 6.19. The molecule has 0 unspecified atom stereocenters. The Labute approximate surface area is 139 Å². The SMILES string of the molecule is CC(=O)c1ccc2c(c1)N(Cc1c(Cl)cccc1Cl)CCO2. The molecular formula is C17H15Cl2NO2. The van der Waals surface area contributed by atoms with E-state index in [2.05, 4.69) is 4.90 Å². The molecule has 3 rings (SSSR count). The second-order valence-corrected chi connectivity index (χ2v) is 6.02. The highest BCUT2D eigenvalue weighted by molar-refractivity contribution is 6.36. The molecule has 0 aromatic heterocycles. The first-order valence-electron chi connectivity index (χ1n) is 7.02. The molecule has 0 spiro atoms. The Hall–Kier alpha value is -1.71. The molecule has 2 aromatic rings. The molecule has 22 heavy (non-hydrogen) atoms. The zero-order valence-corrected chi connectivity index (χ0v) is 13.6. The molecule has 0 atom stereocenters. The fraction of sp³-hybridized carbons (Fsp3) is 0.235. The highest BCUT2D eigenvalue weighted by Gasteiger charge is 2.21. The van der Waals surface area contributed by atoms with Gasteiger partial charge in [-0.25, -0.2) is 0 Å². The number of hydrogen-bond donors (Lipinski definition) is 0. The van der Waals surface area contributed by atoms with E-state index in [-0.39, 0.29) is 5.78 Å². The van der Waals surface area contributed by atoms with Crippen LogP contribution in [0.3, 0.4) is 0 Å². The van der Waals surface area contributed by atoms with Crippen molar-refractivity contribution in [3.8, 4) is 5.75 Å². The highest BCUT2D eigenvalue weighted by atomic mass is 35.5. The average Bonchev–Trinajstić information content (AvgIpc) is 2.50. The lowest BCUT2D eigenvalue weighted by atomic mass is 10.1. The smallest absolute Gasteiger partial charge is 0.159 e. The van der Waals surface area contributed by atoms with Gasteiger partial charge in [0.1, 0.15) is 12.4 Å². The quantitative estimate of drug-likeness (QED) is 0.768. The standard InChI is InChI=1S/C17H15Cl2NO2/c1-11(21)12-5-6-17-16(9-12)20(7-8-22-17)10-13-14(18)3-2-4-15(13)19/h2-6,9H,7-8,10H2,1H3. The molecule has 1 heterocycles. The van der Waals surface area contributed by atoms with Gasteiger partial charge in [0.05, 0.1) is 12.2 Å². The van der Waals surface area contributed by atoms with Crippen LogP contribution >= 0.6 is 23.2 Å². The van der Waals surface area contributed by atoms with Gasteiger partial charge >= 0.3 is 0 Å². The number of nitrogens with zero attached hydrogens (tertiary/aromatic N) is 1. The number of anilines is 1. The summed E-state index contributed by atoms with van der Waals surface area (Å²) in [4.78, 5) is 13.7. The molecule has 114 valence electrons. The number of hydrogen-bond acceptors (Lipinski definition) is 3. The van der Waals surface area contributed by atoms with E-state index in [4.69, 9.17) is 27.9 Å². The van der Waals surface area contributed by atoms with Crippen molar-refractivity contribution in [1.82, 2.24) is 0 Å². The molecular weight excluding hydrogens is 321 g/mol. The minimum Gasteiger partial charge on any atom is -0.490 e. The lowest BCUT2D eigenvalue weighted by Crippen LogP contribution is -2.32. The largest absolute Gasteiger partial charge is 0.490 e. The van der Waals surface area contributed by atoms with Crippen LogP contribution in [0.5, 0.6) is 5.75 Å². The predicted molar refractivity (Wildman–Crippen MR) is 89.5 cm³/mol. The van der Waals surface area contributed by atoms with Crippen molar-refractivity contribution < 1.29 is 9.53 Å². The van der Waals surface area contributed by atoms with Crippen molar-refractivity contribution in [2.45, 2.75) is 13.5 Å². The summed E-state index contributed by atoms with van der Waals surface area (Å²) in [5.41, 5.74) is 2.45. The zero-order chi connectivity index (χ0) is 15.7. The Balaban J connectivity index is 1.97. The fourth-order valence-electron chi connectivity index (χ4n) is 2.53. The van der Waals surface area contributed by atoms with Gasteiger partial charge in [0.25, 0.3) is 0 Å². The Bertz CT molecular complexity index is 710. The molecule has 3 nitrogen and oxygen atoms in total. The van der Waals surface area contributed by atoms with Crippen molar-refractivity contribution in [2.24, 2.45) is 0 Å². The topological polar surface area (TPSA) is 29.5 Å². The van der Waals surface area contributed by atoms with E-state index in [1.165, 1.54) is 0 Å². The molecule has 1 aliphatic rings. The third kappa shape index (κ3) is 2.92. The summed E-state index contributed by atoms with van der Waals surface area (Å²) in [7, 11) is 0. The molecule has 2 aromatic carbocycles. The third-order valence-corrected chi connectivity index (χ3v) is 4.44.